The monoisotopic (exact) mass is 639 g/mol. The highest BCUT2D eigenvalue weighted by Gasteiger charge is 2.40. The van der Waals surface area contributed by atoms with E-state index in [0.29, 0.717) is 6.54 Å². The van der Waals surface area contributed by atoms with Crippen LogP contribution in [0.1, 0.15) is 66.7 Å². The van der Waals surface area contributed by atoms with Crippen LogP contribution in [0, 0.1) is 11.8 Å². The molecule has 46 heavy (non-hydrogen) atoms. The molecule has 9 nitrogen and oxygen atoms in total. The number of hydrogen-bond acceptors (Lipinski definition) is 7. The summed E-state index contributed by atoms with van der Waals surface area (Å²) in [6.07, 6.45) is 1.26. The fourth-order valence-corrected chi connectivity index (χ4v) is 7.75. The van der Waals surface area contributed by atoms with Gasteiger partial charge in [-0.25, -0.2) is 9.46 Å². The van der Waals surface area contributed by atoms with Crippen molar-refractivity contribution in [2.24, 2.45) is 4.99 Å². The third kappa shape index (κ3) is 6.19. The highest BCUT2D eigenvalue weighted by atomic mass is 31.2. The quantitative estimate of drug-likeness (QED) is 0.0617. The van der Waals surface area contributed by atoms with Gasteiger partial charge in [0.2, 0.25) is 0 Å². The lowest BCUT2D eigenvalue weighted by Crippen LogP contribution is -2.35. The van der Waals surface area contributed by atoms with Crippen LogP contribution in [-0.2, 0) is 13.8 Å². The van der Waals surface area contributed by atoms with Gasteiger partial charge in [-0.05, 0) is 79.9 Å². The first-order valence-corrected chi connectivity index (χ1v) is 16.7. The average molecular weight is 640 g/mol. The van der Waals surface area contributed by atoms with Crippen molar-refractivity contribution in [1.29, 1.82) is 0 Å². The fraction of sp³-hybridized carbons (Fsp3) is 0.361. The molecular formula is C36H39N4O5P. The SMILES string of the molecule is [2H]C[C@H]1O[C@@H](n2cc(C#Cc3ccc4ccc5cccc6ccc3c4c56)c(=O)[nH]c2=O)C[C@H]1OP(O/C=N/CC)N(C(C)C)C(C)C. The minimum atomic E-state index is -1.57. The minimum absolute atomic E-state index is 0.0732. The second-order valence-corrected chi connectivity index (χ2v) is 13.3. The number of nitrogens with zero attached hydrogens (tertiary/aromatic N) is 3. The molecule has 0 bridgehead atoms. The van der Waals surface area contributed by atoms with Gasteiger partial charge in [-0.2, -0.15) is 0 Å². The predicted molar refractivity (Wildman–Crippen MR) is 186 cm³/mol. The second kappa shape index (κ2) is 13.4. The first-order valence-electron chi connectivity index (χ1n) is 16.3. The van der Waals surface area contributed by atoms with Crippen LogP contribution in [0.3, 0.4) is 0 Å². The maximum absolute atomic E-state index is 13.1. The highest BCUT2D eigenvalue weighted by Crippen LogP contribution is 2.49. The first-order chi connectivity index (χ1) is 22.7. The summed E-state index contributed by atoms with van der Waals surface area (Å²) in [6, 6.07) is 18.9. The molecule has 5 aromatic rings. The highest BCUT2D eigenvalue weighted by molar-refractivity contribution is 7.45. The van der Waals surface area contributed by atoms with Crippen molar-refractivity contribution in [2.75, 3.05) is 6.54 Å². The lowest BCUT2D eigenvalue weighted by atomic mass is 9.92. The van der Waals surface area contributed by atoms with Crippen molar-refractivity contribution in [1.82, 2.24) is 14.2 Å². The molecule has 0 amide bonds. The Bertz CT molecular complexity index is 2080. The zero-order valence-corrected chi connectivity index (χ0v) is 27.6. The third-order valence-electron chi connectivity index (χ3n) is 8.19. The number of nitrogens with one attached hydrogen (secondary N) is 1. The van der Waals surface area contributed by atoms with E-state index in [1.807, 2.05) is 19.1 Å². The van der Waals surface area contributed by atoms with Crippen LogP contribution < -0.4 is 11.2 Å². The topological polar surface area (TPSA) is 98.2 Å². The van der Waals surface area contributed by atoms with Gasteiger partial charge in [0, 0.05) is 38.2 Å². The zero-order valence-electron chi connectivity index (χ0n) is 27.7. The lowest BCUT2D eigenvalue weighted by Gasteiger charge is -2.36. The van der Waals surface area contributed by atoms with E-state index >= 15 is 0 Å². The maximum Gasteiger partial charge on any atom is 0.330 e. The minimum Gasteiger partial charge on any atom is -0.425 e. The second-order valence-electron chi connectivity index (χ2n) is 12.0. The van der Waals surface area contributed by atoms with E-state index in [2.05, 4.69) is 96.6 Å². The van der Waals surface area contributed by atoms with Gasteiger partial charge in [0.1, 0.15) is 11.8 Å². The standard InChI is InChI=1S/C36H39N4O5P/c1-7-37-21-43-46(40(22(2)3)23(4)5)45-31-19-32(44-24(31)6)39-20-29(35(41)38-36(39)42)16-12-25-11-13-28-15-14-26-9-8-10-27-17-18-30(25)34(28)33(26)27/h8-11,13-15,17-18,20-24,31-32H,7,19H2,1-6H3,(H,38,41,42)/b37-21+/t24-,31-,32-,46?/m1/s1/i6D. The van der Waals surface area contributed by atoms with E-state index in [1.165, 1.54) is 22.6 Å². The van der Waals surface area contributed by atoms with E-state index < -0.39 is 38.2 Å². The van der Waals surface area contributed by atoms with Crippen LogP contribution in [0.25, 0.3) is 32.3 Å². The van der Waals surface area contributed by atoms with Gasteiger partial charge >= 0.3 is 14.2 Å². The van der Waals surface area contributed by atoms with Gasteiger partial charge in [0.25, 0.3) is 5.56 Å². The fourth-order valence-electron chi connectivity index (χ4n) is 6.12. The van der Waals surface area contributed by atoms with Crippen LogP contribution in [-0.4, -0.2) is 51.5 Å². The van der Waals surface area contributed by atoms with Gasteiger partial charge in [-0.1, -0.05) is 60.4 Å². The Morgan fingerprint density at radius 2 is 1.72 bits per heavy atom. The average Bonchev–Trinajstić information content (AvgIpc) is 3.45. The van der Waals surface area contributed by atoms with Gasteiger partial charge < -0.3 is 13.8 Å². The summed E-state index contributed by atoms with van der Waals surface area (Å²) in [5, 5.41) is 6.77. The first kappa shape index (κ1) is 30.6. The van der Waals surface area contributed by atoms with Gasteiger partial charge in [-0.3, -0.25) is 19.3 Å². The molecule has 0 spiro atoms. The van der Waals surface area contributed by atoms with Crippen molar-refractivity contribution >= 4 is 47.2 Å². The van der Waals surface area contributed by atoms with E-state index in [4.69, 9.17) is 15.2 Å². The number of benzene rings is 4. The normalized spacial score (nSPS) is 19.6. The summed E-state index contributed by atoms with van der Waals surface area (Å²) < 4.78 is 30.3. The molecule has 1 aliphatic rings. The van der Waals surface area contributed by atoms with Crippen molar-refractivity contribution in [2.45, 2.75) is 78.5 Å². The van der Waals surface area contributed by atoms with E-state index in [-0.39, 0.29) is 31.0 Å². The molecule has 10 heteroatoms. The Hall–Kier alpha value is -4.06. The number of aliphatic imine (C=N–C) groups is 1. The molecule has 0 saturated carbocycles. The molecule has 1 unspecified atom stereocenters. The Morgan fingerprint density at radius 1 is 1.04 bits per heavy atom. The molecule has 0 radical (unpaired) electrons. The molecule has 0 aliphatic carbocycles. The van der Waals surface area contributed by atoms with Crippen LogP contribution in [0.2, 0.25) is 0 Å². The predicted octanol–water partition coefficient (Wildman–Crippen LogP) is 6.94. The molecule has 6 rings (SSSR count). The zero-order chi connectivity index (χ0) is 33.2. The Labute approximate surface area is 270 Å². The number of H-pyrrole nitrogens is 1. The molecule has 238 valence electrons. The maximum atomic E-state index is 13.1. The number of rotatable bonds is 9. The smallest absolute Gasteiger partial charge is 0.330 e. The summed E-state index contributed by atoms with van der Waals surface area (Å²) in [6.45, 7) is 10.7. The summed E-state index contributed by atoms with van der Waals surface area (Å²) >= 11 is 0. The van der Waals surface area contributed by atoms with Crippen molar-refractivity contribution < 1.29 is 15.2 Å². The molecule has 4 atom stereocenters. The largest absolute Gasteiger partial charge is 0.425 e. The summed E-state index contributed by atoms with van der Waals surface area (Å²) in [5.41, 5.74) is -0.265. The molecule has 4 aromatic carbocycles. The molecule has 1 aromatic heterocycles. The van der Waals surface area contributed by atoms with E-state index in [1.54, 1.807) is 0 Å². The van der Waals surface area contributed by atoms with Crippen LogP contribution >= 0.6 is 8.53 Å². The molecule has 1 fully saturated rings. The number of hydrogen-bond donors (Lipinski definition) is 1. The molecular weight excluding hydrogens is 599 g/mol. The number of aromatic amines is 1. The molecule has 1 saturated heterocycles. The van der Waals surface area contributed by atoms with Gasteiger partial charge in [0.05, 0.1) is 12.2 Å². The van der Waals surface area contributed by atoms with Crippen LogP contribution in [0.5, 0.6) is 0 Å². The van der Waals surface area contributed by atoms with Gasteiger partial charge in [0.15, 0.2) is 6.40 Å². The summed E-state index contributed by atoms with van der Waals surface area (Å²) in [4.78, 5) is 32.6. The summed E-state index contributed by atoms with van der Waals surface area (Å²) in [7, 11) is -1.57. The van der Waals surface area contributed by atoms with Crippen molar-refractivity contribution in [3.8, 4) is 11.8 Å². The number of ether oxygens (including phenoxy) is 1. The Balaban J connectivity index is 1.31. The lowest BCUT2D eigenvalue weighted by molar-refractivity contribution is -0.00778. The third-order valence-corrected chi connectivity index (χ3v) is 10.2. The van der Waals surface area contributed by atoms with Crippen LogP contribution in [0.4, 0.5) is 0 Å². The Kier molecular flexibility index (Phi) is 8.88. The number of aromatic nitrogens is 2. The van der Waals surface area contributed by atoms with Crippen LogP contribution in [0.15, 0.2) is 75.4 Å². The molecule has 1 aliphatic heterocycles. The van der Waals surface area contributed by atoms with Crippen molar-refractivity contribution in [3.05, 3.63) is 92.8 Å². The summed E-state index contributed by atoms with van der Waals surface area (Å²) in [5.74, 6) is 6.21. The molecule has 1 N–H and O–H groups in total. The van der Waals surface area contributed by atoms with Gasteiger partial charge in [-0.15, -0.1) is 0 Å². The van der Waals surface area contributed by atoms with Crippen molar-refractivity contribution in [3.63, 3.8) is 0 Å². The Morgan fingerprint density at radius 3 is 2.41 bits per heavy atom. The van der Waals surface area contributed by atoms with E-state index in [0.717, 1.165) is 32.5 Å². The van der Waals surface area contributed by atoms with E-state index in [9.17, 15) is 9.59 Å². The molecule has 2 heterocycles.